The monoisotopic (exact) mass is 427 g/mol. The molecule has 2 heterocycles. The van der Waals surface area contributed by atoms with Gasteiger partial charge in [0.1, 0.15) is 11.6 Å². The molecule has 0 bridgehead atoms. The van der Waals surface area contributed by atoms with Gasteiger partial charge in [0.25, 0.3) is 5.56 Å². The first-order valence-corrected chi connectivity index (χ1v) is 11.0. The minimum atomic E-state index is -0.379. The van der Waals surface area contributed by atoms with E-state index in [1.807, 2.05) is 27.7 Å². The number of hydrogen-bond donors (Lipinski definition) is 1. The van der Waals surface area contributed by atoms with Gasteiger partial charge < -0.3 is 9.67 Å². The van der Waals surface area contributed by atoms with E-state index in [0.29, 0.717) is 30.5 Å². The third-order valence-corrected chi connectivity index (χ3v) is 6.61. The van der Waals surface area contributed by atoms with Gasteiger partial charge in [-0.25, -0.2) is 4.99 Å². The summed E-state index contributed by atoms with van der Waals surface area (Å²) in [4.78, 5) is 17.5. The highest BCUT2D eigenvalue weighted by Crippen LogP contribution is 2.38. The lowest BCUT2D eigenvalue weighted by Gasteiger charge is -2.26. The molecule has 1 fully saturated rings. The smallest absolute Gasteiger partial charge is 0.267 e. The maximum Gasteiger partial charge on any atom is 0.267 e. The van der Waals surface area contributed by atoms with Crippen LogP contribution >= 0.6 is 12.2 Å². The van der Waals surface area contributed by atoms with E-state index in [-0.39, 0.29) is 21.8 Å². The number of aromatic nitrogens is 3. The zero-order valence-corrected chi connectivity index (χ0v) is 18.9. The molecule has 0 radical (unpaired) electrons. The van der Waals surface area contributed by atoms with E-state index in [0.717, 1.165) is 36.9 Å². The predicted octanol–water partition coefficient (Wildman–Crippen LogP) is 4.67. The van der Waals surface area contributed by atoms with Gasteiger partial charge in [-0.1, -0.05) is 19.3 Å². The summed E-state index contributed by atoms with van der Waals surface area (Å²) in [5.74, 6) is 0.371. The predicted molar refractivity (Wildman–Crippen MR) is 121 cm³/mol. The quantitative estimate of drug-likeness (QED) is 0.555. The molecule has 2 aromatic heterocycles. The average Bonchev–Trinajstić information content (AvgIpc) is 2.98. The summed E-state index contributed by atoms with van der Waals surface area (Å²) < 4.78 is 5.40. The Bertz CT molecular complexity index is 1140. The lowest BCUT2D eigenvalue weighted by atomic mass is 9.95. The molecule has 1 aliphatic carbocycles. The molecule has 1 N–H and O–H groups in total. The molecule has 7 nitrogen and oxygen atoms in total. The first-order valence-electron chi connectivity index (χ1n) is 10.6. The topological polar surface area (TPSA) is 88.2 Å². The molecule has 0 aromatic carbocycles. The third-order valence-electron chi connectivity index (χ3n) is 6.16. The largest absolute Gasteiger partial charge is 0.494 e. The molecule has 0 aliphatic heterocycles. The molecular formula is C22H29N5O2S. The molecule has 3 rings (SSSR count). The van der Waals surface area contributed by atoms with Crippen LogP contribution in [-0.2, 0) is 13.1 Å². The standard InChI is InChI=1S/C22H29N5O2S/c1-5-25-20(28)18(21(29)26(6-2)22(25)30)13-24-19-17(12-23)14(3)15(4)27(19)16-10-8-7-9-11-16/h13,16,28H,5-11H2,1-4H3. The summed E-state index contributed by atoms with van der Waals surface area (Å²) in [5.41, 5.74) is 2.17. The van der Waals surface area contributed by atoms with E-state index >= 15 is 0 Å². The normalized spacial score (nSPS) is 15.0. The second-order valence-electron chi connectivity index (χ2n) is 7.75. The van der Waals surface area contributed by atoms with Gasteiger partial charge >= 0.3 is 0 Å². The Hall–Kier alpha value is -2.66. The molecular weight excluding hydrogens is 398 g/mol. The molecule has 0 spiro atoms. The Morgan fingerprint density at radius 3 is 2.40 bits per heavy atom. The molecule has 1 aliphatic rings. The highest BCUT2D eigenvalue weighted by atomic mass is 32.1. The molecule has 1 saturated carbocycles. The number of hydrogen-bond acceptors (Lipinski definition) is 5. The molecule has 0 unspecified atom stereocenters. The van der Waals surface area contributed by atoms with E-state index in [4.69, 9.17) is 12.2 Å². The number of rotatable bonds is 5. The van der Waals surface area contributed by atoms with Crippen LogP contribution in [0.1, 0.15) is 74.4 Å². The summed E-state index contributed by atoms with van der Waals surface area (Å²) in [5, 5.41) is 20.4. The van der Waals surface area contributed by atoms with Crippen LogP contribution < -0.4 is 5.56 Å². The summed E-state index contributed by atoms with van der Waals surface area (Å²) >= 11 is 5.34. The Kier molecular flexibility index (Phi) is 6.61. The maximum absolute atomic E-state index is 12.9. The van der Waals surface area contributed by atoms with Gasteiger partial charge in [-0.05, 0) is 58.3 Å². The van der Waals surface area contributed by atoms with Crippen LogP contribution in [0.25, 0.3) is 0 Å². The van der Waals surface area contributed by atoms with Gasteiger partial charge in [0.15, 0.2) is 10.6 Å². The van der Waals surface area contributed by atoms with Crippen molar-refractivity contribution in [1.29, 1.82) is 5.26 Å². The van der Waals surface area contributed by atoms with Crippen LogP contribution in [0.3, 0.4) is 0 Å². The van der Waals surface area contributed by atoms with Crippen molar-refractivity contribution in [3.8, 4) is 11.9 Å². The van der Waals surface area contributed by atoms with Gasteiger partial charge in [0.2, 0.25) is 5.88 Å². The molecule has 0 saturated heterocycles. The molecule has 8 heteroatoms. The van der Waals surface area contributed by atoms with Gasteiger partial charge in [0.05, 0.1) is 5.56 Å². The van der Waals surface area contributed by atoms with Crippen LogP contribution in [-0.4, -0.2) is 25.0 Å². The summed E-state index contributed by atoms with van der Waals surface area (Å²) in [6, 6.07) is 2.58. The highest BCUT2D eigenvalue weighted by Gasteiger charge is 2.25. The summed E-state index contributed by atoms with van der Waals surface area (Å²) in [7, 11) is 0. The SMILES string of the molecule is CCn1c(O)c(C=Nc2c(C#N)c(C)c(C)n2C2CCCCC2)c(=O)n(CC)c1=S. The number of nitriles is 1. The number of aliphatic imine (C=N–C) groups is 1. The minimum Gasteiger partial charge on any atom is -0.494 e. The summed E-state index contributed by atoms with van der Waals surface area (Å²) in [6.07, 6.45) is 7.04. The van der Waals surface area contributed by atoms with Crippen molar-refractivity contribution < 1.29 is 5.11 Å². The van der Waals surface area contributed by atoms with E-state index in [1.54, 1.807) is 0 Å². The second kappa shape index (κ2) is 9.00. The van der Waals surface area contributed by atoms with Crippen LogP contribution in [0.2, 0.25) is 0 Å². The fourth-order valence-corrected chi connectivity index (χ4v) is 4.79. The van der Waals surface area contributed by atoms with E-state index in [2.05, 4.69) is 15.6 Å². The zero-order chi connectivity index (χ0) is 22.0. The van der Waals surface area contributed by atoms with Crippen molar-refractivity contribution in [2.75, 3.05) is 0 Å². The maximum atomic E-state index is 12.9. The summed E-state index contributed by atoms with van der Waals surface area (Å²) in [6.45, 7) is 8.48. The van der Waals surface area contributed by atoms with E-state index < -0.39 is 0 Å². The fourth-order valence-electron chi connectivity index (χ4n) is 4.37. The van der Waals surface area contributed by atoms with Gasteiger partial charge in [-0.3, -0.25) is 13.9 Å². The van der Waals surface area contributed by atoms with Crippen LogP contribution in [0.4, 0.5) is 5.82 Å². The second-order valence-corrected chi connectivity index (χ2v) is 8.12. The first-order chi connectivity index (χ1) is 14.4. The van der Waals surface area contributed by atoms with Gasteiger partial charge in [0, 0.05) is 31.0 Å². The minimum absolute atomic E-state index is 0.0860. The zero-order valence-electron chi connectivity index (χ0n) is 18.1. The van der Waals surface area contributed by atoms with Crippen molar-refractivity contribution in [3.05, 3.63) is 37.5 Å². The Morgan fingerprint density at radius 1 is 1.20 bits per heavy atom. The van der Waals surface area contributed by atoms with E-state index in [9.17, 15) is 15.2 Å². The number of aromatic hydroxyl groups is 1. The number of nitrogens with zero attached hydrogens (tertiary/aromatic N) is 5. The van der Waals surface area contributed by atoms with Crippen LogP contribution in [0.15, 0.2) is 9.79 Å². The van der Waals surface area contributed by atoms with Crippen molar-refractivity contribution in [1.82, 2.24) is 13.7 Å². The van der Waals surface area contributed by atoms with Crippen LogP contribution in [0.5, 0.6) is 5.88 Å². The fraction of sp³-hybridized carbons (Fsp3) is 0.545. The van der Waals surface area contributed by atoms with Crippen LogP contribution in [0, 0.1) is 29.9 Å². The molecule has 30 heavy (non-hydrogen) atoms. The molecule has 0 atom stereocenters. The molecule has 160 valence electrons. The first kappa shape index (κ1) is 22.0. The Balaban J connectivity index is 2.20. The van der Waals surface area contributed by atoms with Gasteiger partial charge in [-0.2, -0.15) is 5.26 Å². The third kappa shape index (κ3) is 3.63. The Morgan fingerprint density at radius 2 is 1.83 bits per heavy atom. The van der Waals surface area contributed by atoms with Crippen molar-refractivity contribution in [3.63, 3.8) is 0 Å². The van der Waals surface area contributed by atoms with Crippen molar-refractivity contribution in [2.24, 2.45) is 4.99 Å². The van der Waals surface area contributed by atoms with Gasteiger partial charge in [-0.15, -0.1) is 0 Å². The van der Waals surface area contributed by atoms with Crippen molar-refractivity contribution >= 4 is 24.3 Å². The molecule has 2 aromatic rings. The van der Waals surface area contributed by atoms with Crippen molar-refractivity contribution in [2.45, 2.75) is 78.9 Å². The average molecular weight is 428 g/mol. The Labute approximate surface area is 181 Å². The lowest BCUT2D eigenvalue weighted by molar-refractivity contribution is 0.352. The molecule has 0 amide bonds. The van der Waals surface area contributed by atoms with E-state index in [1.165, 1.54) is 21.8 Å². The lowest BCUT2D eigenvalue weighted by Crippen LogP contribution is -2.28. The highest BCUT2D eigenvalue weighted by molar-refractivity contribution is 7.71.